The van der Waals surface area contributed by atoms with Crippen LogP contribution in [0, 0.1) is 5.92 Å². The van der Waals surface area contributed by atoms with E-state index in [4.69, 9.17) is 21.1 Å². The monoisotopic (exact) mass is 476 g/mol. The summed E-state index contributed by atoms with van der Waals surface area (Å²) in [5, 5.41) is 43.0. The number of aliphatic hydroxyl groups excluding tert-OH is 1. The number of nitrogens with two attached hydrogens (primary N) is 1. The molecule has 0 aliphatic rings. The van der Waals surface area contributed by atoms with Gasteiger partial charge in [0.2, 0.25) is 17.7 Å². The van der Waals surface area contributed by atoms with E-state index in [-0.39, 0.29) is 0 Å². The topological polar surface area (TPSA) is 245 Å². The average molecular weight is 476 g/mol. The molecule has 14 nitrogen and oxygen atoms in total. The van der Waals surface area contributed by atoms with Crippen molar-refractivity contribution in [2.24, 2.45) is 11.7 Å². The maximum Gasteiger partial charge on any atom is 0.326 e. The zero-order valence-corrected chi connectivity index (χ0v) is 18.6. The number of carbonyl (C=O) groups excluding carboxylic acids is 3. The molecule has 9 N–H and O–H groups in total. The number of hydrogen-bond acceptors (Lipinski definition) is 8. The van der Waals surface area contributed by atoms with Crippen LogP contribution in [0.2, 0.25) is 0 Å². The minimum absolute atomic E-state index is 0.411. The van der Waals surface area contributed by atoms with Gasteiger partial charge >= 0.3 is 17.9 Å². The average Bonchev–Trinajstić information content (AvgIpc) is 2.71. The Morgan fingerprint density at radius 3 is 1.79 bits per heavy atom. The molecule has 6 atom stereocenters. The Labute approximate surface area is 189 Å². The van der Waals surface area contributed by atoms with E-state index in [1.807, 2.05) is 5.32 Å². The highest BCUT2D eigenvalue weighted by Crippen LogP contribution is 2.10. The standard InChI is InChI=1S/C19H32N4O10/c1-4-8(2)15(23-17(30)14(20)9(3)24)18(31)21-10(5-6-12(25)26)16(29)22-11(19(32)33)7-13(27)28/h8-11,14-15,24H,4-7,20H2,1-3H3,(H,21,31)(H,22,29)(H,23,30)(H,25,26)(H,27,28)(H,32,33). The summed E-state index contributed by atoms with van der Waals surface area (Å²) in [5.41, 5.74) is 5.58. The highest BCUT2D eigenvalue weighted by Gasteiger charge is 2.33. The second kappa shape index (κ2) is 14.0. The van der Waals surface area contributed by atoms with E-state index in [1.54, 1.807) is 13.8 Å². The van der Waals surface area contributed by atoms with Gasteiger partial charge in [0.05, 0.1) is 12.5 Å². The van der Waals surface area contributed by atoms with E-state index in [0.717, 1.165) is 0 Å². The Kier molecular flexibility index (Phi) is 12.6. The zero-order valence-electron chi connectivity index (χ0n) is 18.6. The van der Waals surface area contributed by atoms with Gasteiger partial charge in [-0.3, -0.25) is 24.0 Å². The minimum Gasteiger partial charge on any atom is -0.481 e. The van der Waals surface area contributed by atoms with Gasteiger partial charge in [-0.25, -0.2) is 4.79 Å². The molecular weight excluding hydrogens is 444 g/mol. The van der Waals surface area contributed by atoms with Crippen LogP contribution in [0.5, 0.6) is 0 Å². The number of carbonyl (C=O) groups is 6. The third-order valence-corrected chi connectivity index (χ3v) is 4.89. The van der Waals surface area contributed by atoms with Crippen molar-refractivity contribution in [1.29, 1.82) is 0 Å². The molecule has 188 valence electrons. The number of hydrogen-bond donors (Lipinski definition) is 8. The molecule has 0 aromatic carbocycles. The fraction of sp³-hybridized carbons (Fsp3) is 0.684. The van der Waals surface area contributed by atoms with Crippen LogP contribution in [0.4, 0.5) is 0 Å². The van der Waals surface area contributed by atoms with Crippen molar-refractivity contribution in [3.05, 3.63) is 0 Å². The molecule has 0 aromatic heterocycles. The first-order chi connectivity index (χ1) is 15.2. The maximum atomic E-state index is 12.9. The summed E-state index contributed by atoms with van der Waals surface area (Å²) in [4.78, 5) is 70.6. The second-order valence-electron chi connectivity index (χ2n) is 7.63. The quantitative estimate of drug-likeness (QED) is 0.124. The van der Waals surface area contributed by atoms with E-state index in [9.17, 15) is 33.9 Å². The molecule has 0 heterocycles. The Bertz CT molecular complexity index is 742. The van der Waals surface area contributed by atoms with Gasteiger partial charge in [0, 0.05) is 6.42 Å². The van der Waals surface area contributed by atoms with Crippen molar-refractivity contribution in [3.63, 3.8) is 0 Å². The molecule has 0 spiro atoms. The van der Waals surface area contributed by atoms with Gasteiger partial charge in [0.15, 0.2) is 0 Å². The van der Waals surface area contributed by atoms with Crippen LogP contribution in [0.15, 0.2) is 0 Å². The van der Waals surface area contributed by atoms with E-state index < -0.39 is 91.1 Å². The lowest BCUT2D eigenvalue weighted by atomic mass is 9.97. The molecule has 0 bridgehead atoms. The summed E-state index contributed by atoms with van der Waals surface area (Å²) in [6.07, 6.45) is -2.73. The number of amides is 3. The van der Waals surface area contributed by atoms with Gasteiger partial charge in [-0.15, -0.1) is 0 Å². The van der Waals surface area contributed by atoms with E-state index >= 15 is 0 Å². The SMILES string of the molecule is CCC(C)C(NC(=O)C(N)C(C)O)C(=O)NC(CCC(=O)O)C(=O)NC(CC(=O)O)C(=O)O. The lowest BCUT2D eigenvalue weighted by Gasteiger charge is -2.28. The molecule has 14 heteroatoms. The molecule has 0 fully saturated rings. The zero-order chi connectivity index (χ0) is 25.9. The number of aliphatic hydroxyl groups is 1. The predicted octanol–water partition coefficient (Wildman–Crippen LogP) is -2.38. The Morgan fingerprint density at radius 1 is 0.818 bits per heavy atom. The highest BCUT2D eigenvalue weighted by atomic mass is 16.4. The molecule has 0 saturated heterocycles. The molecule has 0 saturated carbocycles. The molecule has 0 rings (SSSR count). The van der Waals surface area contributed by atoms with Crippen molar-refractivity contribution >= 4 is 35.6 Å². The van der Waals surface area contributed by atoms with Crippen LogP contribution < -0.4 is 21.7 Å². The van der Waals surface area contributed by atoms with Crippen LogP contribution in [-0.4, -0.2) is 86.3 Å². The third-order valence-electron chi connectivity index (χ3n) is 4.89. The van der Waals surface area contributed by atoms with Crippen LogP contribution in [0.25, 0.3) is 0 Å². The summed E-state index contributed by atoms with van der Waals surface area (Å²) in [5.74, 6) is -7.69. The summed E-state index contributed by atoms with van der Waals surface area (Å²) >= 11 is 0. The number of carboxylic acids is 3. The molecule has 33 heavy (non-hydrogen) atoms. The molecule has 0 aliphatic heterocycles. The fourth-order valence-electron chi connectivity index (χ4n) is 2.62. The van der Waals surface area contributed by atoms with Gasteiger partial charge in [-0.2, -0.15) is 0 Å². The van der Waals surface area contributed by atoms with E-state index in [2.05, 4.69) is 10.6 Å². The molecule has 0 radical (unpaired) electrons. The van der Waals surface area contributed by atoms with Crippen molar-refractivity contribution < 1.29 is 49.2 Å². The van der Waals surface area contributed by atoms with E-state index in [0.29, 0.717) is 6.42 Å². The van der Waals surface area contributed by atoms with Crippen molar-refractivity contribution in [2.75, 3.05) is 0 Å². The van der Waals surface area contributed by atoms with Gasteiger partial charge in [-0.05, 0) is 19.3 Å². The van der Waals surface area contributed by atoms with Crippen LogP contribution in [0.3, 0.4) is 0 Å². The summed E-state index contributed by atoms with van der Waals surface area (Å²) in [6, 6.07) is -5.88. The van der Waals surface area contributed by atoms with Crippen LogP contribution in [-0.2, 0) is 28.8 Å². The molecular formula is C19H32N4O10. The third kappa shape index (κ3) is 10.7. The predicted molar refractivity (Wildman–Crippen MR) is 112 cm³/mol. The van der Waals surface area contributed by atoms with Gasteiger partial charge in [0.1, 0.15) is 24.2 Å². The van der Waals surface area contributed by atoms with Crippen molar-refractivity contribution in [3.8, 4) is 0 Å². The largest absolute Gasteiger partial charge is 0.481 e. The lowest BCUT2D eigenvalue weighted by Crippen LogP contribution is -2.59. The number of carboxylic acid groups (broad SMARTS) is 3. The Hall–Kier alpha value is -3.26. The lowest BCUT2D eigenvalue weighted by molar-refractivity contribution is -0.147. The number of nitrogens with one attached hydrogen (secondary N) is 3. The van der Waals surface area contributed by atoms with Crippen molar-refractivity contribution in [2.45, 2.75) is 76.7 Å². The fourth-order valence-corrected chi connectivity index (χ4v) is 2.62. The molecule has 0 aromatic rings. The number of aliphatic carboxylic acids is 3. The summed E-state index contributed by atoms with van der Waals surface area (Å²) in [6.45, 7) is 4.63. The Morgan fingerprint density at radius 2 is 1.36 bits per heavy atom. The maximum absolute atomic E-state index is 12.9. The molecule has 0 aliphatic carbocycles. The molecule has 6 unspecified atom stereocenters. The Balaban J connectivity index is 5.66. The first kappa shape index (κ1) is 29.7. The first-order valence-corrected chi connectivity index (χ1v) is 10.2. The van der Waals surface area contributed by atoms with Crippen LogP contribution in [0.1, 0.15) is 46.5 Å². The molecule has 3 amide bonds. The van der Waals surface area contributed by atoms with Gasteiger partial charge in [0.25, 0.3) is 0 Å². The summed E-state index contributed by atoms with van der Waals surface area (Å²) < 4.78 is 0. The highest BCUT2D eigenvalue weighted by molar-refractivity contribution is 5.95. The van der Waals surface area contributed by atoms with Crippen LogP contribution >= 0.6 is 0 Å². The minimum atomic E-state index is -1.81. The van der Waals surface area contributed by atoms with Gasteiger partial charge < -0.3 is 42.1 Å². The van der Waals surface area contributed by atoms with Gasteiger partial charge in [-0.1, -0.05) is 20.3 Å². The smallest absolute Gasteiger partial charge is 0.326 e. The van der Waals surface area contributed by atoms with E-state index in [1.165, 1.54) is 6.92 Å². The summed E-state index contributed by atoms with van der Waals surface area (Å²) in [7, 11) is 0. The normalized spacial score (nSPS) is 16.3. The van der Waals surface area contributed by atoms with Crippen molar-refractivity contribution in [1.82, 2.24) is 16.0 Å². The number of rotatable bonds is 15. The second-order valence-corrected chi connectivity index (χ2v) is 7.63. The first-order valence-electron chi connectivity index (χ1n) is 10.2.